The third-order valence-electron chi connectivity index (χ3n) is 3.71. The van der Waals surface area contributed by atoms with Crippen LogP contribution in [0.5, 0.6) is 0 Å². The van der Waals surface area contributed by atoms with Gasteiger partial charge in [-0.25, -0.2) is 0 Å². The zero-order valence-electron chi connectivity index (χ0n) is 12.9. The summed E-state index contributed by atoms with van der Waals surface area (Å²) < 4.78 is 0. The molecule has 4 heteroatoms. The van der Waals surface area contributed by atoms with Gasteiger partial charge in [-0.15, -0.1) is 0 Å². The van der Waals surface area contributed by atoms with Crippen LogP contribution in [0, 0.1) is 11.3 Å². The van der Waals surface area contributed by atoms with Crippen molar-refractivity contribution in [3.05, 3.63) is 0 Å². The quantitative estimate of drug-likeness (QED) is 0.539. The van der Waals surface area contributed by atoms with E-state index in [1.54, 1.807) is 0 Å². The zero-order chi connectivity index (χ0) is 14.7. The van der Waals surface area contributed by atoms with Crippen LogP contribution >= 0.6 is 0 Å². The molecule has 0 fully saturated rings. The Morgan fingerprint density at radius 1 is 1.37 bits per heavy atom. The van der Waals surface area contributed by atoms with Gasteiger partial charge in [0.25, 0.3) is 0 Å². The maximum absolute atomic E-state index is 11.8. The lowest BCUT2D eigenvalue weighted by Crippen LogP contribution is -2.34. The molecule has 1 atom stereocenters. The summed E-state index contributed by atoms with van der Waals surface area (Å²) in [6, 6.07) is 0. The molecule has 0 bridgehead atoms. The summed E-state index contributed by atoms with van der Waals surface area (Å²) in [7, 11) is 0. The van der Waals surface area contributed by atoms with E-state index in [4.69, 9.17) is 10.8 Å². The maximum Gasteiger partial charge on any atom is 0.220 e. The molecular formula is C15H32N2O2. The number of hydrogen-bond acceptors (Lipinski definition) is 3. The van der Waals surface area contributed by atoms with Gasteiger partial charge in [0.2, 0.25) is 5.91 Å². The number of amides is 1. The van der Waals surface area contributed by atoms with E-state index in [1.807, 2.05) is 0 Å². The molecule has 0 heterocycles. The lowest BCUT2D eigenvalue weighted by molar-refractivity contribution is -0.121. The first-order valence-corrected chi connectivity index (χ1v) is 7.52. The molecule has 0 spiro atoms. The number of carbonyl (C=O) groups excluding carboxylic acids is 1. The number of rotatable bonds is 11. The average Bonchev–Trinajstić information content (AvgIpc) is 2.39. The van der Waals surface area contributed by atoms with E-state index in [-0.39, 0.29) is 17.9 Å². The molecule has 0 aromatic carbocycles. The van der Waals surface area contributed by atoms with Crippen molar-refractivity contribution in [3.63, 3.8) is 0 Å². The second-order valence-electron chi connectivity index (χ2n) is 6.16. The molecule has 0 aliphatic heterocycles. The summed E-state index contributed by atoms with van der Waals surface area (Å²) in [4.78, 5) is 11.8. The summed E-state index contributed by atoms with van der Waals surface area (Å²) in [6.45, 7) is 7.98. The Bertz CT molecular complexity index is 242. The third kappa shape index (κ3) is 9.91. The van der Waals surface area contributed by atoms with Gasteiger partial charge >= 0.3 is 0 Å². The van der Waals surface area contributed by atoms with Crippen LogP contribution in [0.25, 0.3) is 0 Å². The molecule has 0 aliphatic rings. The highest BCUT2D eigenvalue weighted by Crippen LogP contribution is 2.21. The van der Waals surface area contributed by atoms with Gasteiger partial charge in [-0.1, -0.05) is 27.2 Å². The van der Waals surface area contributed by atoms with Crippen LogP contribution in [0.4, 0.5) is 0 Å². The van der Waals surface area contributed by atoms with Gasteiger partial charge in [-0.05, 0) is 43.6 Å². The van der Waals surface area contributed by atoms with E-state index in [1.165, 1.54) is 0 Å². The van der Waals surface area contributed by atoms with Gasteiger partial charge in [0.1, 0.15) is 0 Å². The Labute approximate surface area is 118 Å². The van der Waals surface area contributed by atoms with E-state index in [0.717, 1.165) is 32.1 Å². The molecule has 0 rings (SSSR count). The van der Waals surface area contributed by atoms with Crippen molar-refractivity contribution < 1.29 is 9.90 Å². The number of nitrogens with one attached hydrogen (secondary N) is 1. The van der Waals surface area contributed by atoms with Crippen LogP contribution < -0.4 is 11.1 Å². The highest BCUT2D eigenvalue weighted by molar-refractivity contribution is 5.75. The molecule has 0 aromatic heterocycles. The average molecular weight is 272 g/mol. The van der Waals surface area contributed by atoms with E-state index < -0.39 is 0 Å². The first-order valence-electron chi connectivity index (χ1n) is 7.52. The van der Waals surface area contributed by atoms with Crippen molar-refractivity contribution >= 4 is 5.91 Å². The predicted molar refractivity (Wildman–Crippen MR) is 79.8 cm³/mol. The van der Waals surface area contributed by atoms with E-state index in [0.29, 0.717) is 25.4 Å². The van der Waals surface area contributed by atoms with Gasteiger partial charge < -0.3 is 16.2 Å². The van der Waals surface area contributed by atoms with Crippen molar-refractivity contribution in [2.24, 2.45) is 17.1 Å². The van der Waals surface area contributed by atoms with Gasteiger partial charge in [-0.3, -0.25) is 4.79 Å². The monoisotopic (exact) mass is 272 g/mol. The number of aliphatic hydroxyl groups is 1. The fraction of sp³-hybridized carbons (Fsp3) is 0.933. The van der Waals surface area contributed by atoms with Gasteiger partial charge in [-0.2, -0.15) is 0 Å². The van der Waals surface area contributed by atoms with Crippen molar-refractivity contribution in [2.75, 3.05) is 19.7 Å². The van der Waals surface area contributed by atoms with Crippen LogP contribution in [0.15, 0.2) is 0 Å². The predicted octanol–water partition coefficient (Wildman–Crippen LogP) is 2.06. The second-order valence-corrected chi connectivity index (χ2v) is 6.16. The first kappa shape index (κ1) is 18.4. The van der Waals surface area contributed by atoms with Crippen LogP contribution in [-0.2, 0) is 4.79 Å². The Balaban J connectivity index is 3.85. The molecule has 19 heavy (non-hydrogen) atoms. The molecule has 1 unspecified atom stereocenters. The molecule has 114 valence electrons. The summed E-state index contributed by atoms with van der Waals surface area (Å²) in [6.07, 6.45) is 5.33. The van der Waals surface area contributed by atoms with Gasteiger partial charge in [0.05, 0.1) is 0 Å². The number of aliphatic hydroxyl groups excluding tert-OH is 1. The molecule has 4 N–H and O–H groups in total. The lowest BCUT2D eigenvalue weighted by Gasteiger charge is -2.24. The summed E-state index contributed by atoms with van der Waals surface area (Å²) >= 11 is 0. The Morgan fingerprint density at radius 2 is 2.05 bits per heavy atom. The minimum Gasteiger partial charge on any atom is -0.396 e. The fourth-order valence-electron chi connectivity index (χ4n) is 2.20. The number of carbonyl (C=O) groups is 1. The van der Waals surface area contributed by atoms with E-state index in [2.05, 4.69) is 26.1 Å². The Kier molecular flexibility index (Phi) is 9.88. The molecule has 0 saturated carbocycles. The molecule has 0 aliphatic carbocycles. The first-order chi connectivity index (χ1) is 8.95. The fourth-order valence-corrected chi connectivity index (χ4v) is 2.20. The van der Waals surface area contributed by atoms with Crippen LogP contribution in [0.3, 0.4) is 0 Å². The normalized spacial score (nSPS) is 13.3. The largest absolute Gasteiger partial charge is 0.396 e. The van der Waals surface area contributed by atoms with E-state index in [9.17, 15) is 4.79 Å². The molecule has 4 nitrogen and oxygen atoms in total. The summed E-state index contributed by atoms with van der Waals surface area (Å²) in [5.74, 6) is 0.700. The molecule has 0 aromatic rings. The standard InChI is InChI=1S/C15H32N2O2/c1-4-13(8-10-16)6-7-14(19)17-12-15(2,3)9-5-11-18/h13,18H,4-12,16H2,1-3H3,(H,17,19). The van der Waals surface area contributed by atoms with Gasteiger partial charge in [0, 0.05) is 19.6 Å². The third-order valence-corrected chi connectivity index (χ3v) is 3.71. The molecule has 0 saturated heterocycles. The topological polar surface area (TPSA) is 75.4 Å². The molecular weight excluding hydrogens is 240 g/mol. The SMILES string of the molecule is CCC(CCN)CCC(=O)NCC(C)(C)CCCO. The maximum atomic E-state index is 11.8. The van der Waals surface area contributed by atoms with E-state index >= 15 is 0 Å². The highest BCUT2D eigenvalue weighted by atomic mass is 16.2. The Hall–Kier alpha value is -0.610. The minimum absolute atomic E-state index is 0.0554. The number of hydrogen-bond donors (Lipinski definition) is 3. The Morgan fingerprint density at radius 3 is 2.58 bits per heavy atom. The van der Waals surface area contributed by atoms with Crippen LogP contribution in [0.1, 0.15) is 59.3 Å². The summed E-state index contributed by atoms with van der Waals surface area (Å²) in [5.41, 5.74) is 5.61. The summed E-state index contributed by atoms with van der Waals surface area (Å²) in [5, 5.41) is 11.8. The van der Waals surface area contributed by atoms with Crippen molar-refractivity contribution in [3.8, 4) is 0 Å². The van der Waals surface area contributed by atoms with Crippen LogP contribution in [0.2, 0.25) is 0 Å². The minimum atomic E-state index is 0.0554. The smallest absolute Gasteiger partial charge is 0.220 e. The second kappa shape index (κ2) is 10.2. The van der Waals surface area contributed by atoms with Gasteiger partial charge in [0.15, 0.2) is 0 Å². The van der Waals surface area contributed by atoms with Crippen LogP contribution in [-0.4, -0.2) is 30.7 Å². The molecule has 1 amide bonds. The highest BCUT2D eigenvalue weighted by Gasteiger charge is 2.18. The van der Waals surface area contributed by atoms with Crippen molar-refractivity contribution in [1.29, 1.82) is 0 Å². The van der Waals surface area contributed by atoms with Crippen molar-refractivity contribution in [2.45, 2.75) is 59.3 Å². The van der Waals surface area contributed by atoms with Crippen molar-refractivity contribution in [1.82, 2.24) is 5.32 Å². The molecule has 0 radical (unpaired) electrons. The lowest BCUT2D eigenvalue weighted by atomic mass is 9.88. The number of nitrogens with two attached hydrogens (primary N) is 1. The zero-order valence-corrected chi connectivity index (χ0v) is 12.9.